The summed E-state index contributed by atoms with van der Waals surface area (Å²) in [7, 11) is 0. The standard InChI is InChI=1S/C11H17N3O3S/c1-2-17-10(16)9-12-13-11(18-9)14-5-3-8(7-15)4-6-14/h8,15H,2-7H2,1H3. The van der Waals surface area contributed by atoms with E-state index in [0.29, 0.717) is 17.5 Å². The fraction of sp³-hybridized carbons (Fsp3) is 0.727. The molecule has 0 spiro atoms. The molecule has 1 saturated heterocycles. The van der Waals surface area contributed by atoms with E-state index in [-0.39, 0.29) is 6.61 Å². The van der Waals surface area contributed by atoms with Crippen LogP contribution in [0.3, 0.4) is 0 Å². The third kappa shape index (κ3) is 2.97. The van der Waals surface area contributed by atoms with Crippen molar-refractivity contribution in [2.24, 2.45) is 5.92 Å². The van der Waals surface area contributed by atoms with Gasteiger partial charge in [0, 0.05) is 19.7 Å². The average molecular weight is 271 g/mol. The summed E-state index contributed by atoms with van der Waals surface area (Å²) in [6, 6.07) is 0. The molecule has 6 nitrogen and oxygen atoms in total. The lowest BCUT2D eigenvalue weighted by atomic mass is 9.98. The van der Waals surface area contributed by atoms with Gasteiger partial charge >= 0.3 is 5.97 Å². The van der Waals surface area contributed by atoms with Crippen LogP contribution in [0.4, 0.5) is 5.13 Å². The van der Waals surface area contributed by atoms with Crippen LogP contribution in [-0.4, -0.2) is 47.6 Å². The third-order valence-electron chi connectivity index (χ3n) is 3.01. The van der Waals surface area contributed by atoms with Gasteiger partial charge in [-0.3, -0.25) is 0 Å². The molecule has 1 aromatic heterocycles. The van der Waals surface area contributed by atoms with Crippen LogP contribution in [-0.2, 0) is 4.74 Å². The van der Waals surface area contributed by atoms with Crippen molar-refractivity contribution in [1.29, 1.82) is 0 Å². The number of rotatable bonds is 4. The van der Waals surface area contributed by atoms with E-state index in [1.54, 1.807) is 6.92 Å². The van der Waals surface area contributed by atoms with E-state index >= 15 is 0 Å². The molecule has 0 radical (unpaired) electrons. The van der Waals surface area contributed by atoms with E-state index in [2.05, 4.69) is 15.1 Å². The summed E-state index contributed by atoms with van der Waals surface area (Å²) in [6.45, 7) is 4.05. The Morgan fingerprint density at radius 2 is 2.22 bits per heavy atom. The van der Waals surface area contributed by atoms with Gasteiger partial charge in [-0.15, -0.1) is 10.2 Å². The lowest BCUT2D eigenvalue weighted by Gasteiger charge is -2.30. The van der Waals surface area contributed by atoms with Crippen LogP contribution in [0.5, 0.6) is 0 Å². The monoisotopic (exact) mass is 271 g/mol. The van der Waals surface area contributed by atoms with Gasteiger partial charge in [-0.05, 0) is 25.7 Å². The number of anilines is 1. The fourth-order valence-electron chi connectivity index (χ4n) is 1.93. The minimum Gasteiger partial charge on any atom is -0.461 e. The normalized spacial score (nSPS) is 16.9. The maximum Gasteiger partial charge on any atom is 0.369 e. The Kier molecular flexibility index (Phi) is 4.48. The topological polar surface area (TPSA) is 75.5 Å². The number of nitrogens with zero attached hydrogens (tertiary/aromatic N) is 3. The Morgan fingerprint density at radius 3 is 2.83 bits per heavy atom. The minimum absolute atomic E-state index is 0.248. The van der Waals surface area contributed by atoms with Crippen LogP contribution in [0.15, 0.2) is 0 Å². The molecule has 7 heteroatoms. The number of aromatic nitrogens is 2. The Hall–Kier alpha value is -1.21. The summed E-state index contributed by atoms with van der Waals surface area (Å²) in [5.41, 5.74) is 0. The van der Waals surface area contributed by atoms with Gasteiger partial charge < -0.3 is 14.7 Å². The second-order valence-electron chi connectivity index (χ2n) is 4.22. The maximum atomic E-state index is 11.5. The molecule has 1 aromatic rings. The first kappa shape index (κ1) is 13.2. The van der Waals surface area contributed by atoms with Gasteiger partial charge in [-0.1, -0.05) is 11.3 Å². The number of carbonyl (C=O) groups is 1. The molecule has 0 aliphatic carbocycles. The van der Waals surface area contributed by atoms with Gasteiger partial charge in [-0.25, -0.2) is 4.79 Å². The molecule has 1 N–H and O–H groups in total. The van der Waals surface area contributed by atoms with Crippen LogP contribution in [0.2, 0.25) is 0 Å². The fourth-order valence-corrected chi connectivity index (χ4v) is 2.72. The smallest absolute Gasteiger partial charge is 0.369 e. The van der Waals surface area contributed by atoms with Crippen molar-refractivity contribution in [2.75, 3.05) is 31.2 Å². The molecule has 0 aromatic carbocycles. The van der Waals surface area contributed by atoms with E-state index in [0.717, 1.165) is 31.1 Å². The summed E-state index contributed by atoms with van der Waals surface area (Å²) in [5.74, 6) is -0.0230. The molecule has 0 atom stereocenters. The van der Waals surface area contributed by atoms with Crippen molar-refractivity contribution in [1.82, 2.24) is 10.2 Å². The summed E-state index contributed by atoms with van der Waals surface area (Å²) >= 11 is 1.26. The maximum absolute atomic E-state index is 11.5. The average Bonchev–Trinajstić information content (AvgIpc) is 2.89. The molecule has 1 aliphatic heterocycles. The second-order valence-corrected chi connectivity index (χ2v) is 5.18. The van der Waals surface area contributed by atoms with Crippen molar-refractivity contribution < 1.29 is 14.6 Å². The summed E-state index contributed by atoms with van der Waals surface area (Å²) in [6.07, 6.45) is 1.90. The quantitative estimate of drug-likeness (QED) is 0.821. The Bertz CT molecular complexity index is 402. The highest BCUT2D eigenvalue weighted by atomic mass is 32.1. The van der Waals surface area contributed by atoms with E-state index < -0.39 is 5.97 Å². The number of piperidine rings is 1. The molecule has 18 heavy (non-hydrogen) atoms. The van der Waals surface area contributed by atoms with E-state index in [4.69, 9.17) is 9.84 Å². The summed E-state index contributed by atoms with van der Waals surface area (Å²) in [5, 5.41) is 18.0. The predicted octanol–water partition coefficient (Wildman–Crippen LogP) is 0.923. The van der Waals surface area contributed by atoms with Crippen molar-refractivity contribution in [3.63, 3.8) is 0 Å². The van der Waals surface area contributed by atoms with Gasteiger partial charge in [0.15, 0.2) is 0 Å². The van der Waals surface area contributed by atoms with Crippen LogP contribution in [0.1, 0.15) is 29.6 Å². The number of aliphatic hydroxyl groups excluding tert-OH is 1. The number of ether oxygens (including phenoxy) is 1. The molecule has 0 amide bonds. The number of carbonyl (C=O) groups excluding carboxylic acids is 1. The molecule has 0 saturated carbocycles. The molecule has 2 heterocycles. The molecular weight excluding hydrogens is 254 g/mol. The number of esters is 1. The highest BCUT2D eigenvalue weighted by Gasteiger charge is 2.22. The van der Waals surface area contributed by atoms with E-state index in [1.165, 1.54) is 11.3 Å². The number of hydrogen-bond donors (Lipinski definition) is 1. The SMILES string of the molecule is CCOC(=O)c1nnc(N2CCC(CO)CC2)s1. The molecule has 0 bridgehead atoms. The number of aliphatic hydroxyl groups is 1. The zero-order valence-corrected chi connectivity index (χ0v) is 11.2. The summed E-state index contributed by atoms with van der Waals surface area (Å²) < 4.78 is 4.88. The van der Waals surface area contributed by atoms with Gasteiger partial charge in [0.2, 0.25) is 10.1 Å². The Labute approximate surface area is 110 Å². The molecule has 100 valence electrons. The molecule has 1 aliphatic rings. The zero-order chi connectivity index (χ0) is 13.0. The van der Waals surface area contributed by atoms with E-state index in [9.17, 15) is 4.79 Å². The van der Waals surface area contributed by atoms with Crippen LogP contribution >= 0.6 is 11.3 Å². The molecule has 0 unspecified atom stereocenters. The first-order valence-electron chi connectivity index (χ1n) is 6.11. The predicted molar refractivity (Wildman–Crippen MR) is 67.9 cm³/mol. The summed E-state index contributed by atoms with van der Waals surface area (Å²) in [4.78, 5) is 13.6. The largest absolute Gasteiger partial charge is 0.461 e. The number of hydrogen-bond acceptors (Lipinski definition) is 7. The van der Waals surface area contributed by atoms with Crippen molar-refractivity contribution >= 4 is 22.4 Å². The van der Waals surface area contributed by atoms with Crippen LogP contribution in [0.25, 0.3) is 0 Å². The second kappa shape index (κ2) is 6.10. The third-order valence-corrected chi connectivity index (χ3v) is 3.97. The lowest BCUT2D eigenvalue weighted by molar-refractivity contribution is 0.0525. The Balaban J connectivity index is 1.96. The van der Waals surface area contributed by atoms with Crippen molar-refractivity contribution in [3.05, 3.63) is 5.01 Å². The van der Waals surface area contributed by atoms with Crippen molar-refractivity contribution in [2.45, 2.75) is 19.8 Å². The zero-order valence-electron chi connectivity index (χ0n) is 10.3. The van der Waals surface area contributed by atoms with Crippen molar-refractivity contribution in [3.8, 4) is 0 Å². The minimum atomic E-state index is -0.411. The first-order valence-corrected chi connectivity index (χ1v) is 6.92. The molecule has 2 rings (SSSR count). The lowest BCUT2D eigenvalue weighted by Crippen LogP contribution is -2.34. The van der Waals surface area contributed by atoms with E-state index in [1.807, 2.05) is 0 Å². The molecule has 1 fully saturated rings. The first-order chi connectivity index (χ1) is 8.74. The van der Waals surface area contributed by atoms with Crippen LogP contribution < -0.4 is 4.90 Å². The van der Waals surface area contributed by atoms with Gasteiger partial charge in [0.05, 0.1) is 6.61 Å². The molecular formula is C11H17N3O3S. The highest BCUT2D eigenvalue weighted by molar-refractivity contribution is 7.17. The van der Waals surface area contributed by atoms with Gasteiger partial charge in [0.25, 0.3) is 0 Å². The highest BCUT2D eigenvalue weighted by Crippen LogP contribution is 2.26. The van der Waals surface area contributed by atoms with Gasteiger partial charge in [0.1, 0.15) is 0 Å². The Morgan fingerprint density at radius 1 is 1.50 bits per heavy atom. The van der Waals surface area contributed by atoms with Crippen LogP contribution in [0, 0.1) is 5.92 Å². The van der Waals surface area contributed by atoms with Gasteiger partial charge in [-0.2, -0.15) is 0 Å².